The third-order valence-corrected chi connectivity index (χ3v) is 11.1. The summed E-state index contributed by atoms with van der Waals surface area (Å²) in [5, 5.41) is 18.5. The molecular formula is C32H36N6O4S. The van der Waals surface area contributed by atoms with Crippen molar-refractivity contribution in [2.75, 3.05) is 31.1 Å². The third-order valence-electron chi connectivity index (χ3n) is 9.15. The summed E-state index contributed by atoms with van der Waals surface area (Å²) in [5.74, 6) is -1.98. The van der Waals surface area contributed by atoms with Crippen molar-refractivity contribution in [3.8, 4) is 0 Å². The summed E-state index contributed by atoms with van der Waals surface area (Å²) in [7, 11) is 0. The summed E-state index contributed by atoms with van der Waals surface area (Å²) in [4.78, 5) is 48.2. The lowest BCUT2D eigenvalue weighted by Crippen LogP contribution is -2.55. The van der Waals surface area contributed by atoms with E-state index in [4.69, 9.17) is 0 Å². The van der Waals surface area contributed by atoms with Gasteiger partial charge in [-0.3, -0.25) is 14.4 Å². The molecule has 2 unspecified atom stereocenters. The molecule has 6 rings (SSSR count). The molecule has 4 heterocycles. The number of para-hydroxylation sites is 2. The number of aromatic nitrogens is 3. The summed E-state index contributed by atoms with van der Waals surface area (Å²) < 4.78 is 0.332. The molecule has 43 heavy (non-hydrogen) atoms. The number of hydrogen-bond donors (Lipinski definition) is 1. The maximum Gasteiger partial charge on any atom is 0.248 e. The molecule has 1 aromatic heterocycles. The van der Waals surface area contributed by atoms with Crippen LogP contribution in [0.5, 0.6) is 0 Å². The molecule has 0 radical (unpaired) electrons. The van der Waals surface area contributed by atoms with Crippen molar-refractivity contribution >= 4 is 46.2 Å². The minimum Gasteiger partial charge on any atom is -0.395 e. The molecule has 3 aliphatic heterocycles. The first kappa shape index (κ1) is 29.1. The molecule has 11 heteroatoms. The van der Waals surface area contributed by atoms with E-state index in [0.29, 0.717) is 24.9 Å². The zero-order chi connectivity index (χ0) is 30.4. The molecule has 5 atom stereocenters. The molecule has 2 bridgehead atoms. The first-order valence-electron chi connectivity index (χ1n) is 14.6. The van der Waals surface area contributed by atoms with Gasteiger partial charge in [-0.25, -0.2) is 4.68 Å². The number of fused-ring (bicyclic) bond motifs is 2. The minimum absolute atomic E-state index is 0.00885. The summed E-state index contributed by atoms with van der Waals surface area (Å²) in [6.07, 6.45) is 4.65. The van der Waals surface area contributed by atoms with Crippen LogP contribution < -0.4 is 4.90 Å². The molecule has 3 amide bonds. The highest BCUT2D eigenvalue weighted by Crippen LogP contribution is 2.71. The van der Waals surface area contributed by atoms with E-state index in [1.807, 2.05) is 54.6 Å². The second kappa shape index (κ2) is 11.3. The second-order valence-electron chi connectivity index (χ2n) is 11.6. The van der Waals surface area contributed by atoms with E-state index in [1.54, 1.807) is 38.4 Å². The quantitative estimate of drug-likeness (QED) is 0.337. The fraction of sp³-hybridized carbons (Fsp3) is 0.406. The molecule has 2 aromatic carbocycles. The number of aliphatic hydroxyl groups excluding tert-OH is 1. The van der Waals surface area contributed by atoms with Gasteiger partial charge in [0.15, 0.2) is 0 Å². The van der Waals surface area contributed by atoms with E-state index in [-0.39, 0.29) is 44.1 Å². The average molecular weight is 601 g/mol. The first-order valence-corrected chi connectivity index (χ1v) is 15.4. The van der Waals surface area contributed by atoms with E-state index >= 15 is 0 Å². The van der Waals surface area contributed by atoms with Crippen LogP contribution in [-0.2, 0) is 21.1 Å². The normalized spacial score (nSPS) is 27.3. The van der Waals surface area contributed by atoms with Gasteiger partial charge in [-0.15, -0.1) is 30.0 Å². The van der Waals surface area contributed by atoms with Crippen LogP contribution in [0, 0.1) is 11.8 Å². The SMILES string of the molecule is C=CCN(Cn1nnc2ccccc21)C(=O)C1N(CCO)C(=O)[C@@H]2[C@@H](C(=O)N(CC=C)c3ccccc3)[C@@]3(C)CCC12S3. The summed E-state index contributed by atoms with van der Waals surface area (Å²) in [6, 6.07) is 16.1. The number of amides is 3. The van der Waals surface area contributed by atoms with Gasteiger partial charge in [0.1, 0.15) is 18.2 Å². The van der Waals surface area contributed by atoms with Gasteiger partial charge in [-0.1, -0.05) is 47.7 Å². The molecule has 3 fully saturated rings. The maximum absolute atomic E-state index is 14.6. The zero-order valence-corrected chi connectivity index (χ0v) is 25.0. The molecule has 3 aromatic rings. The van der Waals surface area contributed by atoms with Crippen molar-refractivity contribution in [3.63, 3.8) is 0 Å². The van der Waals surface area contributed by atoms with Gasteiger partial charge in [0.25, 0.3) is 0 Å². The molecule has 0 saturated carbocycles. The van der Waals surface area contributed by atoms with Crippen molar-refractivity contribution in [2.45, 2.75) is 42.0 Å². The average Bonchev–Trinajstić information content (AvgIpc) is 3.71. The molecule has 10 nitrogen and oxygen atoms in total. The molecule has 1 spiro atoms. The number of anilines is 1. The Labute approximate surface area is 255 Å². The molecule has 1 N–H and O–H groups in total. The minimum atomic E-state index is -0.846. The molecular weight excluding hydrogens is 564 g/mol. The molecule has 224 valence electrons. The van der Waals surface area contributed by atoms with Gasteiger partial charge in [-0.05, 0) is 44.0 Å². The lowest BCUT2D eigenvalue weighted by Gasteiger charge is -2.38. The lowest BCUT2D eigenvalue weighted by atomic mass is 9.66. The van der Waals surface area contributed by atoms with Crippen LogP contribution in [0.3, 0.4) is 0 Å². The highest BCUT2D eigenvalue weighted by atomic mass is 32.2. The number of hydrogen-bond acceptors (Lipinski definition) is 7. The number of carbonyl (C=O) groups excluding carboxylic acids is 3. The van der Waals surface area contributed by atoms with Crippen LogP contribution in [0.15, 0.2) is 79.9 Å². The van der Waals surface area contributed by atoms with Crippen LogP contribution in [0.4, 0.5) is 5.69 Å². The Morgan fingerprint density at radius 1 is 1.07 bits per heavy atom. The Bertz CT molecular complexity index is 1580. The van der Waals surface area contributed by atoms with Crippen LogP contribution >= 0.6 is 11.8 Å². The predicted molar refractivity (Wildman–Crippen MR) is 166 cm³/mol. The third kappa shape index (κ3) is 4.56. The Morgan fingerprint density at radius 2 is 1.79 bits per heavy atom. The number of likely N-dealkylation sites (tertiary alicyclic amines) is 1. The van der Waals surface area contributed by atoms with Crippen LogP contribution in [0.1, 0.15) is 19.8 Å². The standard InChI is InChI=1S/C32H36N6O4S/c1-4-17-35(21-38-24-14-10-9-13-23(24)33-34-38)30(42)27-32-16-15-31(3,43-32)25(26(32)29(41)37(27)19-20-39)28(40)36(18-5-2)22-11-7-6-8-12-22/h4-14,25-27,39H,1-2,15-21H2,3H3/t25-,26-,27?,31+,32?/m0/s1. The van der Waals surface area contributed by atoms with Gasteiger partial charge in [0, 0.05) is 30.1 Å². The van der Waals surface area contributed by atoms with E-state index in [2.05, 4.69) is 30.4 Å². The van der Waals surface area contributed by atoms with Gasteiger partial charge < -0.3 is 19.8 Å². The molecule has 3 saturated heterocycles. The van der Waals surface area contributed by atoms with Gasteiger partial charge in [0.2, 0.25) is 17.7 Å². The lowest BCUT2D eigenvalue weighted by molar-refractivity contribution is -0.144. The highest BCUT2D eigenvalue weighted by Gasteiger charge is 2.77. The smallest absolute Gasteiger partial charge is 0.248 e. The van der Waals surface area contributed by atoms with Crippen LogP contribution in [0.2, 0.25) is 0 Å². The number of carbonyl (C=O) groups is 3. The number of benzene rings is 2. The fourth-order valence-corrected chi connectivity index (χ4v) is 9.73. The number of thioether (sulfide) groups is 1. The maximum atomic E-state index is 14.6. The van der Waals surface area contributed by atoms with Crippen molar-refractivity contribution in [2.24, 2.45) is 11.8 Å². The number of rotatable bonds is 11. The van der Waals surface area contributed by atoms with Gasteiger partial charge in [-0.2, -0.15) is 0 Å². The monoisotopic (exact) mass is 600 g/mol. The number of β-amino-alcohol motifs (C(OH)–C–C–N with tert-alkyl or cyclic N) is 1. The number of nitrogens with zero attached hydrogens (tertiary/aromatic N) is 6. The van der Waals surface area contributed by atoms with Crippen molar-refractivity contribution in [1.82, 2.24) is 24.8 Å². The van der Waals surface area contributed by atoms with Crippen molar-refractivity contribution < 1.29 is 19.5 Å². The topological polar surface area (TPSA) is 112 Å². The Morgan fingerprint density at radius 3 is 2.51 bits per heavy atom. The first-order chi connectivity index (χ1) is 20.8. The molecule has 3 aliphatic rings. The van der Waals surface area contributed by atoms with Crippen molar-refractivity contribution in [3.05, 3.63) is 79.9 Å². The van der Waals surface area contributed by atoms with Gasteiger partial charge in [0.05, 0.1) is 28.7 Å². The van der Waals surface area contributed by atoms with E-state index in [9.17, 15) is 19.5 Å². The van der Waals surface area contributed by atoms with E-state index in [0.717, 1.165) is 11.2 Å². The van der Waals surface area contributed by atoms with Crippen LogP contribution in [-0.4, -0.2) is 89.4 Å². The van der Waals surface area contributed by atoms with E-state index < -0.39 is 27.4 Å². The molecule has 0 aliphatic carbocycles. The Balaban J connectivity index is 1.38. The number of aliphatic hydroxyl groups is 1. The summed E-state index contributed by atoms with van der Waals surface area (Å²) >= 11 is 1.61. The fourth-order valence-electron chi connectivity index (χ4n) is 7.39. The largest absolute Gasteiger partial charge is 0.395 e. The zero-order valence-electron chi connectivity index (χ0n) is 24.2. The summed E-state index contributed by atoms with van der Waals surface area (Å²) in [5.41, 5.74) is 2.24. The van der Waals surface area contributed by atoms with E-state index in [1.165, 1.54) is 4.90 Å². The summed E-state index contributed by atoms with van der Waals surface area (Å²) in [6.45, 7) is 10.2. The Hall–Kier alpha value is -3.96. The Kier molecular flexibility index (Phi) is 7.64. The highest BCUT2D eigenvalue weighted by molar-refractivity contribution is 8.02. The van der Waals surface area contributed by atoms with Gasteiger partial charge >= 0.3 is 0 Å². The second-order valence-corrected chi connectivity index (χ2v) is 13.5. The van der Waals surface area contributed by atoms with Crippen molar-refractivity contribution in [1.29, 1.82) is 0 Å². The van der Waals surface area contributed by atoms with Crippen LogP contribution in [0.25, 0.3) is 11.0 Å². The predicted octanol–water partition coefficient (Wildman–Crippen LogP) is 3.10.